The first-order valence-corrected chi connectivity index (χ1v) is 9.62. The van der Waals surface area contributed by atoms with Gasteiger partial charge in [0.25, 0.3) is 0 Å². The third kappa shape index (κ3) is 9.00. The van der Waals surface area contributed by atoms with Gasteiger partial charge in [-0.25, -0.2) is 0 Å². The molecule has 2 heteroatoms. The van der Waals surface area contributed by atoms with Crippen molar-refractivity contribution < 1.29 is 10.2 Å². The van der Waals surface area contributed by atoms with Gasteiger partial charge in [-0.2, -0.15) is 0 Å². The molecule has 0 fully saturated rings. The lowest BCUT2D eigenvalue weighted by atomic mass is 9.99. The van der Waals surface area contributed by atoms with Crippen LogP contribution >= 0.6 is 0 Å². The van der Waals surface area contributed by atoms with Crippen molar-refractivity contribution in [3.8, 4) is 5.75 Å². The Morgan fingerprint density at radius 3 is 1.91 bits per heavy atom. The van der Waals surface area contributed by atoms with Crippen molar-refractivity contribution in [2.45, 2.75) is 97.0 Å². The zero-order valence-corrected chi connectivity index (χ0v) is 15.2. The maximum Gasteiger partial charge on any atom is 0.121 e. The van der Waals surface area contributed by atoms with Gasteiger partial charge in [-0.3, -0.25) is 0 Å². The summed E-state index contributed by atoms with van der Waals surface area (Å²) in [4.78, 5) is 0. The lowest BCUT2D eigenvalue weighted by molar-refractivity contribution is 0.159. The van der Waals surface area contributed by atoms with Gasteiger partial charge < -0.3 is 10.2 Å². The average Bonchev–Trinajstić information content (AvgIpc) is 2.54. The minimum Gasteiger partial charge on any atom is -0.508 e. The van der Waals surface area contributed by atoms with Crippen LogP contribution in [0.5, 0.6) is 5.75 Å². The molecule has 2 N–H and O–H groups in total. The number of hydrogen-bond acceptors (Lipinski definition) is 2. The van der Waals surface area contributed by atoms with Gasteiger partial charge in [0.05, 0.1) is 6.10 Å². The van der Waals surface area contributed by atoms with Crippen LogP contribution in [0.2, 0.25) is 0 Å². The fourth-order valence-electron chi connectivity index (χ4n) is 3.10. The highest BCUT2D eigenvalue weighted by Crippen LogP contribution is 2.28. The molecule has 0 aliphatic carbocycles. The predicted octanol–water partition coefficient (Wildman–Crippen LogP) is 6.44. The van der Waals surface area contributed by atoms with Gasteiger partial charge in [-0.15, -0.1) is 0 Å². The van der Waals surface area contributed by atoms with E-state index in [2.05, 4.69) is 6.92 Å². The average molecular weight is 321 g/mol. The minimum absolute atomic E-state index is 0.214. The predicted molar refractivity (Wildman–Crippen MR) is 98.9 cm³/mol. The molecule has 0 bridgehead atoms. The molecular formula is C21H36O2. The van der Waals surface area contributed by atoms with E-state index in [4.69, 9.17) is 0 Å². The topological polar surface area (TPSA) is 40.5 Å². The molecule has 0 aliphatic rings. The van der Waals surface area contributed by atoms with Crippen molar-refractivity contribution in [1.82, 2.24) is 0 Å². The Morgan fingerprint density at radius 2 is 1.35 bits per heavy atom. The molecule has 132 valence electrons. The lowest BCUT2D eigenvalue weighted by Crippen LogP contribution is -1.98. The number of unbranched alkanes of at least 4 members (excludes halogenated alkanes) is 10. The number of phenols is 1. The molecule has 0 unspecified atom stereocenters. The monoisotopic (exact) mass is 320 g/mol. The first-order valence-electron chi connectivity index (χ1n) is 9.62. The van der Waals surface area contributed by atoms with Gasteiger partial charge in [-0.05, 0) is 25.5 Å². The van der Waals surface area contributed by atoms with Crippen molar-refractivity contribution in [2.75, 3.05) is 0 Å². The number of phenolic OH excluding ortho intramolecular Hbond substituents is 1. The van der Waals surface area contributed by atoms with Crippen LogP contribution in [0.25, 0.3) is 0 Å². The first-order chi connectivity index (χ1) is 11.1. The van der Waals surface area contributed by atoms with Crippen molar-refractivity contribution >= 4 is 0 Å². The van der Waals surface area contributed by atoms with E-state index in [1.807, 2.05) is 19.1 Å². The molecule has 0 amide bonds. The fourth-order valence-corrected chi connectivity index (χ4v) is 3.10. The molecular weight excluding hydrogens is 284 g/mol. The van der Waals surface area contributed by atoms with Crippen LogP contribution in [-0.4, -0.2) is 10.2 Å². The molecule has 0 saturated heterocycles. The molecule has 0 radical (unpaired) electrons. The molecule has 0 aliphatic heterocycles. The van der Waals surface area contributed by atoms with Crippen molar-refractivity contribution in [2.24, 2.45) is 0 Å². The Kier molecular flexibility index (Phi) is 10.8. The molecule has 23 heavy (non-hydrogen) atoms. The molecule has 0 saturated carbocycles. The summed E-state index contributed by atoms with van der Waals surface area (Å²) in [7, 11) is 0. The summed E-state index contributed by atoms with van der Waals surface area (Å²) >= 11 is 0. The highest BCUT2D eigenvalue weighted by atomic mass is 16.3. The zero-order chi connectivity index (χ0) is 16.9. The molecule has 1 aromatic carbocycles. The number of aliphatic hydroxyl groups excluding tert-OH is 1. The summed E-state index contributed by atoms with van der Waals surface area (Å²) in [5.41, 5.74) is 1.76. The van der Waals surface area contributed by atoms with E-state index in [0.29, 0.717) is 5.56 Å². The third-order valence-corrected chi connectivity index (χ3v) is 4.62. The maximum absolute atomic E-state index is 10.2. The smallest absolute Gasteiger partial charge is 0.121 e. The van der Waals surface area contributed by atoms with Crippen LogP contribution < -0.4 is 0 Å². The number of aliphatic hydroxyl groups is 1. The highest BCUT2D eigenvalue weighted by Gasteiger charge is 2.11. The van der Waals surface area contributed by atoms with Crippen molar-refractivity contribution in [3.63, 3.8) is 0 Å². The van der Waals surface area contributed by atoms with Crippen molar-refractivity contribution in [3.05, 3.63) is 29.3 Å². The standard InChI is InChI=1S/C21H36O2/c1-3-4-5-6-7-8-9-10-11-12-13-14-20(22)19-17-18(2)15-16-21(19)23/h15-17,20,22-23H,3-14H2,1-2H3/t20-/m0/s1. The van der Waals surface area contributed by atoms with Crippen LogP contribution in [0.15, 0.2) is 18.2 Å². The Bertz CT molecular complexity index is 414. The van der Waals surface area contributed by atoms with E-state index in [1.165, 1.54) is 64.2 Å². The first kappa shape index (κ1) is 20.0. The van der Waals surface area contributed by atoms with Crippen LogP contribution in [0.4, 0.5) is 0 Å². The molecule has 1 aromatic rings. The van der Waals surface area contributed by atoms with Crippen LogP contribution in [0, 0.1) is 6.92 Å². The molecule has 0 spiro atoms. The summed E-state index contributed by atoms with van der Waals surface area (Å²) in [6.45, 7) is 4.25. The van der Waals surface area contributed by atoms with E-state index < -0.39 is 6.10 Å². The summed E-state index contributed by atoms with van der Waals surface area (Å²) in [6, 6.07) is 5.43. The molecule has 1 atom stereocenters. The normalized spacial score (nSPS) is 12.5. The third-order valence-electron chi connectivity index (χ3n) is 4.62. The van der Waals surface area contributed by atoms with Gasteiger partial charge in [0.15, 0.2) is 0 Å². The van der Waals surface area contributed by atoms with Gasteiger partial charge in [0.2, 0.25) is 0 Å². The van der Waals surface area contributed by atoms with Crippen LogP contribution in [0.3, 0.4) is 0 Å². The quantitative estimate of drug-likeness (QED) is 0.411. The molecule has 0 heterocycles. The van der Waals surface area contributed by atoms with Crippen molar-refractivity contribution in [1.29, 1.82) is 0 Å². The number of rotatable bonds is 13. The van der Waals surface area contributed by atoms with E-state index in [-0.39, 0.29) is 5.75 Å². The van der Waals surface area contributed by atoms with Gasteiger partial charge >= 0.3 is 0 Å². The van der Waals surface area contributed by atoms with E-state index in [1.54, 1.807) is 6.07 Å². The number of aromatic hydroxyl groups is 1. The second-order valence-corrected chi connectivity index (χ2v) is 6.90. The Morgan fingerprint density at radius 1 is 0.826 bits per heavy atom. The zero-order valence-electron chi connectivity index (χ0n) is 15.2. The second-order valence-electron chi connectivity index (χ2n) is 6.90. The molecule has 0 aromatic heterocycles. The Balaban J connectivity index is 2.01. The van der Waals surface area contributed by atoms with E-state index in [9.17, 15) is 10.2 Å². The Labute approximate surface area is 142 Å². The summed E-state index contributed by atoms with van der Waals surface area (Å²) in [5.74, 6) is 0.214. The summed E-state index contributed by atoms with van der Waals surface area (Å²) < 4.78 is 0. The molecule has 2 nitrogen and oxygen atoms in total. The second kappa shape index (κ2) is 12.4. The Hall–Kier alpha value is -1.02. The number of benzene rings is 1. The number of hydrogen-bond donors (Lipinski definition) is 2. The van der Waals surface area contributed by atoms with Crippen LogP contribution in [0.1, 0.15) is 101 Å². The number of aryl methyl sites for hydroxylation is 1. The minimum atomic E-state index is -0.534. The lowest BCUT2D eigenvalue weighted by Gasteiger charge is -2.13. The largest absolute Gasteiger partial charge is 0.508 e. The highest BCUT2D eigenvalue weighted by molar-refractivity contribution is 5.37. The summed E-state index contributed by atoms with van der Waals surface area (Å²) in [5, 5.41) is 20.0. The van der Waals surface area contributed by atoms with Crippen LogP contribution in [-0.2, 0) is 0 Å². The van der Waals surface area contributed by atoms with Gasteiger partial charge in [0, 0.05) is 5.56 Å². The maximum atomic E-state index is 10.2. The fraction of sp³-hybridized carbons (Fsp3) is 0.714. The molecule has 1 rings (SSSR count). The van der Waals surface area contributed by atoms with E-state index in [0.717, 1.165) is 18.4 Å². The summed E-state index contributed by atoms with van der Waals surface area (Å²) in [6.07, 6.45) is 14.7. The SMILES string of the molecule is CCCCCCCCCCCCC[C@H](O)c1cc(C)ccc1O. The van der Waals surface area contributed by atoms with E-state index >= 15 is 0 Å². The van der Waals surface area contributed by atoms with Gasteiger partial charge in [-0.1, -0.05) is 89.2 Å². The van der Waals surface area contributed by atoms with Gasteiger partial charge in [0.1, 0.15) is 5.75 Å².